The molecular formula is C19H32ClN2O5-. The van der Waals surface area contributed by atoms with Crippen molar-refractivity contribution >= 4 is 0 Å². The number of β-amino-alcohol motifs (C(OH)–C–C–N with tert-alkyl or cyclic N) is 1. The molecule has 2 rings (SSSR count). The highest BCUT2D eigenvalue weighted by atomic mass is 35.5. The molecule has 1 N–H and O–H groups in total. The number of aliphatic hydroxyl groups excluding tert-OH is 1. The minimum Gasteiger partial charge on any atom is -1.00 e. The molecule has 7 nitrogen and oxygen atoms in total. The number of nitrogens with zero attached hydrogens (tertiary/aromatic N) is 2. The minimum absolute atomic E-state index is 0. The van der Waals surface area contributed by atoms with Gasteiger partial charge < -0.3 is 41.4 Å². The van der Waals surface area contributed by atoms with Crippen molar-refractivity contribution in [2.24, 2.45) is 0 Å². The summed E-state index contributed by atoms with van der Waals surface area (Å²) >= 11 is 0. The number of halogens is 1. The molecule has 27 heavy (non-hydrogen) atoms. The van der Waals surface area contributed by atoms with E-state index in [2.05, 4.69) is 16.7 Å². The van der Waals surface area contributed by atoms with Crippen LogP contribution in [0.15, 0.2) is 12.1 Å². The summed E-state index contributed by atoms with van der Waals surface area (Å²) in [7, 11) is 4.75. The molecule has 1 heterocycles. The second-order valence-electron chi connectivity index (χ2n) is 6.44. The largest absolute Gasteiger partial charge is 1.00 e. The Kier molecular flexibility index (Phi) is 10.8. The average Bonchev–Trinajstić information content (AvgIpc) is 2.67. The molecule has 1 aromatic carbocycles. The second kappa shape index (κ2) is 12.3. The molecule has 156 valence electrons. The lowest BCUT2D eigenvalue weighted by atomic mass is 10.2. The second-order valence-corrected chi connectivity index (χ2v) is 6.44. The Balaban J connectivity index is 0.00000364. The van der Waals surface area contributed by atoms with Crippen molar-refractivity contribution in [3.63, 3.8) is 0 Å². The summed E-state index contributed by atoms with van der Waals surface area (Å²) in [5.74, 6) is 1.75. The maximum Gasteiger partial charge on any atom is 0.203 e. The van der Waals surface area contributed by atoms with E-state index < -0.39 is 6.10 Å². The third kappa shape index (κ3) is 7.01. The van der Waals surface area contributed by atoms with Gasteiger partial charge in [0.2, 0.25) is 5.75 Å². The lowest BCUT2D eigenvalue weighted by Gasteiger charge is -2.34. The van der Waals surface area contributed by atoms with E-state index in [-0.39, 0.29) is 12.4 Å². The molecule has 1 saturated heterocycles. The predicted molar refractivity (Wildman–Crippen MR) is 100 cm³/mol. The van der Waals surface area contributed by atoms with Gasteiger partial charge in [-0.3, -0.25) is 4.90 Å². The van der Waals surface area contributed by atoms with Crippen LogP contribution in [0.5, 0.6) is 17.2 Å². The average molecular weight is 404 g/mol. The molecule has 0 saturated carbocycles. The van der Waals surface area contributed by atoms with Crippen molar-refractivity contribution in [3.8, 4) is 17.2 Å². The van der Waals surface area contributed by atoms with Gasteiger partial charge >= 0.3 is 0 Å². The maximum absolute atomic E-state index is 10.2. The summed E-state index contributed by atoms with van der Waals surface area (Å²) in [6, 6.07) is 3.72. The SMILES string of the molecule is CCN1CCN(CC(O)COCc2cc(OC)c(OC)c(OC)c2)CC1.[Cl-]. The van der Waals surface area contributed by atoms with E-state index in [1.165, 1.54) is 0 Å². The van der Waals surface area contributed by atoms with Gasteiger partial charge in [-0.2, -0.15) is 0 Å². The van der Waals surface area contributed by atoms with E-state index in [1.54, 1.807) is 21.3 Å². The molecule has 1 fully saturated rings. The molecule has 0 radical (unpaired) electrons. The number of ether oxygens (including phenoxy) is 4. The zero-order chi connectivity index (χ0) is 18.9. The van der Waals surface area contributed by atoms with Crippen molar-refractivity contribution in [2.75, 3.05) is 67.2 Å². The van der Waals surface area contributed by atoms with Gasteiger partial charge in [0.25, 0.3) is 0 Å². The van der Waals surface area contributed by atoms with Crippen LogP contribution in [0.25, 0.3) is 0 Å². The van der Waals surface area contributed by atoms with Crippen LogP contribution in [0.3, 0.4) is 0 Å². The zero-order valence-electron chi connectivity index (χ0n) is 16.7. The van der Waals surface area contributed by atoms with E-state index in [1.807, 2.05) is 12.1 Å². The van der Waals surface area contributed by atoms with Crippen LogP contribution >= 0.6 is 0 Å². The number of hydrogen-bond acceptors (Lipinski definition) is 7. The summed E-state index contributed by atoms with van der Waals surface area (Å²) < 4.78 is 21.7. The maximum atomic E-state index is 10.2. The fourth-order valence-electron chi connectivity index (χ4n) is 3.17. The van der Waals surface area contributed by atoms with Crippen LogP contribution in [-0.4, -0.2) is 88.2 Å². The Morgan fingerprint density at radius 3 is 2.00 bits per heavy atom. The van der Waals surface area contributed by atoms with Gasteiger partial charge in [0.1, 0.15) is 0 Å². The summed E-state index contributed by atoms with van der Waals surface area (Å²) in [5.41, 5.74) is 0.906. The minimum atomic E-state index is -0.495. The number of methoxy groups -OCH3 is 3. The van der Waals surface area contributed by atoms with Crippen LogP contribution in [0, 0.1) is 0 Å². The number of hydrogen-bond donors (Lipinski definition) is 1. The van der Waals surface area contributed by atoms with Gasteiger partial charge in [-0.05, 0) is 24.2 Å². The van der Waals surface area contributed by atoms with Crippen LogP contribution in [0.1, 0.15) is 12.5 Å². The highest BCUT2D eigenvalue weighted by Crippen LogP contribution is 2.38. The van der Waals surface area contributed by atoms with E-state index in [9.17, 15) is 5.11 Å². The van der Waals surface area contributed by atoms with E-state index in [0.29, 0.717) is 37.0 Å². The molecular weight excluding hydrogens is 372 g/mol. The first-order chi connectivity index (χ1) is 12.6. The van der Waals surface area contributed by atoms with Crippen molar-refractivity contribution < 1.29 is 36.5 Å². The van der Waals surface area contributed by atoms with E-state index in [4.69, 9.17) is 18.9 Å². The molecule has 0 aromatic heterocycles. The molecule has 0 amide bonds. The van der Waals surface area contributed by atoms with Gasteiger partial charge in [0.15, 0.2) is 11.5 Å². The molecule has 1 aliphatic heterocycles. The molecule has 1 atom stereocenters. The highest BCUT2D eigenvalue weighted by Gasteiger charge is 2.18. The fourth-order valence-corrected chi connectivity index (χ4v) is 3.17. The van der Waals surface area contributed by atoms with E-state index >= 15 is 0 Å². The number of likely N-dealkylation sites (N-methyl/N-ethyl adjacent to an activating group) is 1. The Morgan fingerprint density at radius 2 is 1.52 bits per heavy atom. The van der Waals surface area contributed by atoms with Gasteiger partial charge in [0.05, 0.1) is 40.6 Å². The summed E-state index contributed by atoms with van der Waals surface area (Å²) in [6.45, 7) is 8.71. The molecule has 0 aliphatic carbocycles. The predicted octanol–water partition coefficient (Wildman–Crippen LogP) is -1.77. The first-order valence-electron chi connectivity index (χ1n) is 9.10. The van der Waals surface area contributed by atoms with Crippen LogP contribution in [0.4, 0.5) is 0 Å². The number of piperazine rings is 1. The Hall–Kier alpha value is -1.25. The first kappa shape index (κ1) is 23.8. The Labute approximate surface area is 168 Å². The van der Waals surface area contributed by atoms with Crippen molar-refractivity contribution in [1.29, 1.82) is 0 Å². The number of aliphatic hydroxyl groups is 1. The third-order valence-electron chi connectivity index (χ3n) is 4.68. The number of benzene rings is 1. The summed E-state index contributed by atoms with van der Waals surface area (Å²) in [6.07, 6.45) is -0.495. The van der Waals surface area contributed by atoms with Crippen LogP contribution < -0.4 is 26.6 Å². The van der Waals surface area contributed by atoms with Crippen LogP contribution in [-0.2, 0) is 11.3 Å². The molecule has 0 spiro atoms. The zero-order valence-corrected chi connectivity index (χ0v) is 17.5. The van der Waals surface area contributed by atoms with Gasteiger partial charge in [-0.25, -0.2) is 0 Å². The smallest absolute Gasteiger partial charge is 0.203 e. The summed E-state index contributed by atoms with van der Waals surface area (Å²) in [5, 5.41) is 10.2. The third-order valence-corrected chi connectivity index (χ3v) is 4.68. The Bertz CT molecular complexity index is 528. The van der Waals surface area contributed by atoms with Gasteiger partial charge in [-0.1, -0.05) is 6.92 Å². The molecule has 1 aliphatic rings. The van der Waals surface area contributed by atoms with Crippen LogP contribution in [0.2, 0.25) is 0 Å². The monoisotopic (exact) mass is 403 g/mol. The van der Waals surface area contributed by atoms with Crippen molar-refractivity contribution in [1.82, 2.24) is 9.80 Å². The standard InChI is InChI=1S/C19H32N2O5.ClH/c1-5-20-6-8-21(9-7-20)12-16(22)14-26-13-15-10-17(23-2)19(25-4)18(11-15)24-3;/h10-11,16,22H,5-9,12-14H2,1-4H3;1H/p-1. The summed E-state index contributed by atoms with van der Waals surface area (Å²) in [4.78, 5) is 4.71. The number of rotatable bonds is 10. The van der Waals surface area contributed by atoms with Crippen molar-refractivity contribution in [3.05, 3.63) is 17.7 Å². The lowest BCUT2D eigenvalue weighted by Crippen LogP contribution is -3.00. The molecule has 8 heteroatoms. The topological polar surface area (TPSA) is 63.6 Å². The first-order valence-corrected chi connectivity index (χ1v) is 9.10. The highest BCUT2D eigenvalue weighted by molar-refractivity contribution is 5.53. The molecule has 1 aromatic rings. The van der Waals surface area contributed by atoms with Gasteiger partial charge in [0, 0.05) is 32.7 Å². The molecule has 0 bridgehead atoms. The Morgan fingerprint density at radius 1 is 0.963 bits per heavy atom. The molecule has 1 unspecified atom stereocenters. The van der Waals surface area contributed by atoms with E-state index in [0.717, 1.165) is 38.3 Å². The normalized spacial score (nSPS) is 16.5. The van der Waals surface area contributed by atoms with Gasteiger partial charge in [-0.15, -0.1) is 0 Å². The quantitative estimate of drug-likeness (QED) is 0.496. The lowest BCUT2D eigenvalue weighted by molar-refractivity contribution is -0.0000353. The fraction of sp³-hybridized carbons (Fsp3) is 0.684. The van der Waals surface area contributed by atoms with Crippen molar-refractivity contribution in [2.45, 2.75) is 19.6 Å².